The number of aromatic carboxylic acids is 1. The van der Waals surface area contributed by atoms with Crippen LogP contribution in [0.2, 0.25) is 0 Å². The van der Waals surface area contributed by atoms with Crippen molar-refractivity contribution in [1.29, 1.82) is 0 Å². The number of aromatic nitrogens is 3. The Morgan fingerprint density at radius 1 is 1.54 bits per heavy atom. The highest BCUT2D eigenvalue weighted by Gasteiger charge is 2.28. The second-order valence-electron chi connectivity index (χ2n) is 3.56. The summed E-state index contributed by atoms with van der Waals surface area (Å²) in [5, 5.41) is 18.6. The molecule has 0 spiro atoms. The highest BCUT2D eigenvalue weighted by Crippen LogP contribution is 2.26. The van der Waals surface area contributed by atoms with Crippen LogP contribution in [-0.2, 0) is 5.41 Å². The maximum absolute atomic E-state index is 10.7. The van der Waals surface area contributed by atoms with Gasteiger partial charge in [0.1, 0.15) is 5.69 Å². The molecule has 0 aliphatic rings. The molecule has 0 bridgehead atoms. The molecule has 5 nitrogen and oxygen atoms in total. The fraction of sp³-hybridized carbons (Fsp3) is 0.625. The Hall–Kier alpha value is -1.39. The topological polar surface area (TPSA) is 78.9 Å². The highest BCUT2D eigenvalue weighted by atomic mass is 16.4. The number of nitrogens with zero attached hydrogens (tertiary/aromatic N) is 2. The van der Waals surface area contributed by atoms with E-state index < -0.39 is 5.97 Å². The van der Waals surface area contributed by atoms with E-state index in [1.165, 1.54) is 0 Å². The first-order chi connectivity index (χ1) is 5.99. The lowest BCUT2D eigenvalue weighted by atomic mass is 9.85. The van der Waals surface area contributed by atoms with E-state index in [9.17, 15) is 4.79 Å². The molecule has 0 aromatic carbocycles. The van der Waals surface area contributed by atoms with Gasteiger partial charge in [-0.05, 0) is 6.42 Å². The van der Waals surface area contributed by atoms with Gasteiger partial charge in [0, 0.05) is 5.41 Å². The van der Waals surface area contributed by atoms with Gasteiger partial charge in [0.05, 0.1) is 0 Å². The van der Waals surface area contributed by atoms with Crippen LogP contribution in [0, 0.1) is 0 Å². The molecule has 0 radical (unpaired) electrons. The smallest absolute Gasteiger partial charge is 0.358 e. The number of nitrogens with one attached hydrogen (secondary N) is 1. The van der Waals surface area contributed by atoms with Crippen molar-refractivity contribution in [1.82, 2.24) is 15.4 Å². The third-order valence-electron chi connectivity index (χ3n) is 2.28. The zero-order valence-corrected chi connectivity index (χ0v) is 7.96. The summed E-state index contributed by atoms with van der Waals surface area (Å²) in [6, 6.07) is 0. The Morgan fingerprint density at radius 3 is 2.62 bits per heavy atom. The van der Waals surface area contributed by atoms with Gasteiger partial charge >= 0.3 is 5.97 Å². The molecule has 1 aromatic rings. The molecule has 0 saturated carbocycles. The minimum Gasteiger partial charge on any atom is -0.476 e. The molecule has 2 N–H and O–H groups in total. The van der Waals surface area contributed by atoms with Crippen molar-refractivity contribution in [2.45, 2.75) is 32.6 Å². The first-order valence-electron chi connectivity index (χ1n) is 4.13. The lowest BCUT2D eigenvalue weighted by Gasteiger charge is -2.19. The zero-order chi connectivity index (χ0) is 10.1. The summed E-state index contributed by atoms with van der Waals surface area (Å²) >= 11 is 0. The van der Waals surface area contributed by atoms with Crippen LogP contribution in [0.15, 0.2) is 0 Å². The number of H-pyrrole nitrogens is 1. The molecule has 0 saturated heterocycles. The van der Waals surface area contributed by atoms with Gasteiger partial charge in [0.15, 0.2) is 5.69 Å². The molecule has 1 heterocycles. The molecule has 0 aliphatic heterocycles. The molecule has 1 rings (SSSR count). The minimum atomic E-state index is -1.04. The van der Waals surface area contributed by atoms with Crippen molar-refractivity contribution in [2.24, 2.45) is 0 Å². The highest BCUT2D eigenvalue weighted by molar-refractivity contribution is 5.86. The quantitative estimate of drug-likeness (QED) is 0.737. The lowest BCUT2D eigenvalue weighted by molar-refractivity contribution is 0.0687. The number of carboxylic acids is 1. The summed E-state index contributed by atoms with van der Waals surface area (Å²) in [4.78, 5) is 10.7. The first kappa shape index (κ1) is 9.70. The number of carbonyl (C=O) groups is 1. The molecule has 0 fully saturated rings. The molecule has 0 aliphatic carbocycles. The van der Waals surface area contributed by atoms with Gasteiger partial charge in [-0.15, -0.1) is 5.10 Å². The predicted molar refractivity (Wildman–Crippen MR) is 46.7 cm³/mol. The average Bonchev–Trinajstić information content (AvgIpc) is 2.52. The maximum atomic E-state index is 10.7. The van der Waals surface area contributed by atoms with Crippen molar-refractivity contribution >= 4 is 5.97 Å². The molecule has 0 amide bonds. The van der Waals surface area contributed by atoms with Crippen LogP contribution in [0.1, 0.15) is 43.4 Å². The van der Waals surface area contributed by atoms with E-state index in [4.69, 9.17) is 5.11 Å². The normalized spacial score (nSPS) is 11.6. The van der Waals surface area contributed by atoms with E-state index in [0.717, 1.165) is 6.42 Å². The Bertz CT molecular complexity index is 317. The van der Waals surface area contributed by atoms with Crippen LogP contribution in [-0.4, -0.2) is 26.5 Å². The van der Waals surface area contributed by atoms with E-state index in [1.54, 1.807) is 0 Å². The van der Waals surface area contributed by atoms with Crippen LogP contribution in [0.4, 0.5) is 0 Å². The van der Waals surface area contributed by atoms with Gasteiger partial charge in [-0.2, -0.15) is 10.3 Å². The van der Waals surface area contributed by atoms with Gasteiger partial charge in [0.2, 0.25) is 0 Å². The predicted octanol–water partition coefficient (Wildman–Crippen LogP) is 1.19. The molecular formula is C8H13N3O2. The van der Waals surface area contributed by atoms with Gasteiger partial charge in [-0.1, -0.05) is 20.8 Å². The molecule has 5 heteroatoms. The van der Waals surface area contributed by atoms with Crippen molar-refractivity contribution in [3.63, 3.8) is 0 Å². The maximum Gasteiger partial charge on any atom is 0.358 e. The Labute approximate surface area is 76.2 Å². The van der Waals surface area contributed by atoms with Crippen LogP contribution in [0.25, 0.3) is 0 Å². The molecule has 1 aromatic heterocycles. The SMILES string of the molecule is CCC(C)(C)c1n[nH]nc1C(=O)O. The largest absolute Gasteiger partial charge is 0.476 e. The van der Waals surface area contributed by atoms with E-state index in [1.807, 2.05) is 20.8 Å². The molecule has 72 valence electrons. The second kappa shape index (κ2) is 3.16. The summed E-state index contributed by atoms with van der Waals surface area (Å²) < 4.78 is 0. The van der Waals surface area contributed by atoms with Crippen LogP contribution in [0.5, 0.6) is 0 Å². The third kappa shape index (κ3) is 1.68. The summed E-state index contributed by atoms with van der Waals surface area (Å²) in [6.45, 7) is 5.87. The number of rotatable bonds is 3. The average molecular weight is 183 g/mol. The minimum absolute atomic E-state index is 0.0202. The number of hydrogen-bond acceptors (Lipinski definition) is 3. The Morgan fingerprint density at radius 2 is 2.15 bits per heavy atom. The standard InChI is InChI=1S/C8H13N3O2/c1-4-8(2,3)6-5(7(12)13)9-11-10-6/h4H2,1-3H3,(H,12,13)(H,9,10,11). The summed E-state index contributed by atoms with van der Waals surface area (Å²) in [6.07, 6.45) is 0.819. The van der Waals surface area contributed by atoms with Crippen molar-refractivity contribution in [3.05, 3.63) is 11.4 Å². The van der Waals surface area contributed by atoms with Gasteiger partial charge in [0.25, 0.3) is 0 Å². The molecule has 13 heavy (non-hydrogen) atoms. The van der Waals surface area contributed by atoms with Crippen molar-refractivity contribution in [2.75, 3.05) is 0 Å². The van der Waals surface area contributed by atoms with Crippen LogP contribution >= 0.6 is 0 Å². The van der Waals surface area contributed by atoms with E-state index in [2.05, 4.69) is 15.4 Å². The molecular weight excluding hydrogens is 170 g/mol. The second-order valence-corrected chi connectivity index (χ2v) is 3.56. The van der Waals surface area contributed by atoms with Gasteiger partial charge in [-0.3, -0.25) is 0 Å². The van der Waals surface area contributed by atoms with Gasteiger partial charge in [-0.25, -0.2) is 4.79 Å². The van der Waals surface area contributed by atoms with Crippen molar-refractivity contribution < 1.29 is 9.90 Å². The number of aromatic amines is 1. The Kier molecular flexibility index (Phi) is 2.36. The van der Waals surface area contributed by atoms with Gasteiger partial charge < -0.3 is 5.11 Å². The first-order valence-corrected chi connectivity index (χ1v) is 4.13. The third-order valence-corrected chi connectivity index (χ3v) is 2.28. The summed E-state index contributed by atoms with van der Waals surface area (Å²) in [5.74, 6) is -1.04. The van der Waals surface area contributed by atoms with E-state index >= 15 is 0 Å². The van der Waals surface area contributed by atoms with E-state index in [-0.39, 0.29) is 11.1 Å². The summed E-state index contributed by atoms with van der Waals surface area (Å²) in [5.41, 5.74) is 0.287. The van der Waals surface area contributed by atoms with Crippen LogP contribution in [0.3, 0.4) is 0 Å². The fourth-order valence-corrected chi connectivity index (χ4v) is 1.02. The lowest BCUT2D eigenvalue weighted by Crippen LogP contribution is -2.20. The number of hydrogen-bond donors (Lipinski definition) is 2. The summed E-state index contributed by atoms with van der Waals surface area (Å²) in [7, 11) is 0. The van der Waals surface area contributed by atoms with E-state index in [0.29, 0.717) is 5.69 Å². The fourth-order valence-electron chi connectivity index (χ4n) is 1.02. The molecule has 0 unspecified atom stereocenters. The monoisotopic (exact) mass is 183 g/mol. The molecule has 0 atom stereocenters. The Balaban J connectivity index is 3.14. The zero-order valence-electron chi connectivity index (χ0n) is 7.96. The van der Waals surface area contributed by atoms with Crippen molar-refractivity contribution in [3.8, 4) is 0 Å². The van der Waals surface area contributed by atoms with Crippen LogP contribution < -0.4 is 0 Å². The number of carboxylic acid groups (broad SMARTS) is 1.